The van der Waals surface area contributed by atoms with E-state index in [4.69, 9.17) is 21.1 Å². The third-order valence-corrected chi connectivity index (χ3v) is 5.03. The first-order valence-corrected chi connectivity index (χ1v) is 9.47. The second-order valence-electron chi connectivity index (χ2n) is 6.82. The minimum atomic E-state index is -0.360. The number of aryl methyl sites for hydroxylation is 1. The summed E-state index contributed by atoms with van der Waals surface area (Å²) in [6.07, 6.45) is -0.301. The van der Waals surface area contributed by atoms with Gasteiger partial charge in [-0.05, 0) is 43.3 Å². The third kappa shape index (κ3) is 3.78. The van der Waals surface area contributed by atoms with Gasteiger partial charge in [0, 0.05) is 7.05 Å². The van der Waals surface area contributed by atoms with Crippen molar-refractivity contribution in [2.45, 2.75) is 13.0 Å². The van der Waals surface area contributed by atoms with Gasteiger partial charge in [0.05, 0.1) is 23.5 Å². The monoisotopic (exact) mass is 415 g/mol. The van der Waals surface area contributed by atoms with Gasteiger partial charge in [-0.25, -0.2) is 9.07 Å². The van der Waals surface area contributed by atoms with Crippen LogP contribution in [0.2, 0.25) is 5.15 Å². The molecule has 0 N–H and O–H groups in total. The molecule has 6 nitrogen and oxygen atoms in total. The van der Waals surface area contributed by atoms with E-state index in [1.165, 1.54) is 21.7 Å². The molecule has 2 heterocycles. The van der Waals surface area contributed by atoms with E-state index in [0.29, 0.717) is 41.6 Å². The van der Waals surface area contributed by atoms with Gasteiger partial charge in [-0.2, -0.15) is 5.10 Å². The SMILES string of the molecule is Cc1nn(-c2ccc(F)cc2)c(Cl)c1C(=O)N(C)C[C@@H]1COc2ccccc2O1. The Labute approximate surface area is 172 Å². The summed E-state index contributed by atoms with van der Waals surface area (Å²) in [7, 11) is 1.68. The lowest BCUT2D eigenvalue weighted by molar-refractivity contribution is 0.0520. The van der Waals surface area contributed by atoms with E-state index in [1.807, 2.05) is 24.3 Å². The first-order chi connectivity index (χ1) is 13.9. The van der Waals surface area contributed by atoms with Crippen LogP contribution in [0, 0.1) is 12.7 Å². The predicted molar refractivity (Wildman–Crippen MR) is 107 cm³/mol. The van der Waals surface area contributed by atoms with Crippen LogP contribution in [-0.2, 0) is 0 Å². The molecule has 2 aromatic carbocycles. The van der Waals surface area contributed by atoms with E-state index in [0.717, 1.165) is 0 Å². The molecule has 1 aliphatic heterocycles. The van der Waals surface area contributed by atoms with Crippen molar-refractivity contribution in [1.82, 2.24) is 14.7 Å². The van der Waals surface area contributed by atoms with Crippen LogP contribution in [0.1, 0.15) is 16.1 Å². The number of amides is 1. The smallest absolute Gasteiger partial charge is 0.258 e. The maximum absolute atomic E-state index is 13.2. The Morgan fingerprint density at radius 2 is 1.93 bits per heavy atom. The number of para-hydroxylation sites is 2. The summed E-state index contributed by atoms with van der Waals surface area (Å²) in [6.45, 7) is 2.38. The van der Waals surface area contributed by atoms with Crippen LogP contribution in [-0.4, -0.2) is 46.9 Å². The molecule has 1 atom stereocenters. The number of carbonyl (C=O) groups excluding carboxylic acids is 1. The second-order valence-corrected chi connectivity index (χ2v) is 7.18. The van der Waals surface area contributed by atoms with Gasteiger partial charge in [-0.15, -0.1) is 0 Å². The fourth-order valence-electron chi connectivity index (χ4n) is 3.23. The van der Waals surface area contributed by atoms with E-state index in [2.05, 4.69) is 5.10 Å². The molecule has 1 aliphatic rings. The highest BCUT2D eigenvalue weighted by Gasteiger charge is 2.28. The van der Waals surface area contributed by atoms with Crippen LogP contribution in [0.3, 0.4) is 0 Å². The number of likely N-dealkylation sites (N-methyl/N-ethyl adjacent to an activating group) is 1. The lowest BCUT2D eigenvalue weighted by atomic mass is 10.2. The molecular weight excluding hydrogens is 397 g/mol. The molecule has 8 heteroatoms. The number of hydrogen-bond acceptors (Lipinski definition) is 4. The van der Waals surface area contributed by atoms with Crippen molar-refractivity contribution < 1.29 is 18.7 Å². The lowest BCUT2D eigenvalue weighted by Gasteiger charge is -2.29. The van der Waals surface area contributed by atoms with Crippen molar-refractivity contribution in [3.8, 4) is 17.2 Å². The largest absolute Gasteiger partial charge is 0.486 e. The van der Waals surface area contributed by atoms with E-state index in [9.17, 15) is 9.18 Å². The molecular formula is C21H19ClFN3O3. The van der Waals surface area contributed by atoms with Crippen molar-refractivity contribution >= 4 is 17.5 Å². The molecule has 0 saturated carbocycles. The maximum atomic E-state index is 13.2. The van der Waals surface area contributed by atoms with E-state index in [-0.39, 0.29) is 23.0 Å². The zero-order valence-corrected chi connectivity index (χ0v) is 16.7. The summed E-state index contributed by atoms with van der Waals surface area (Å²) < 4.78 is 26.2. The topological polar surface area (TPSA) is 56.6 Å². The Hall–Kier alpha value is -3.06. The zero-order valence-electron chi connectivity index (χ0n) is 15.9. The molecule has 150 valence electrons. The number of hydrogen-bond donors (Lipinski definition) is 0. The van der Waals surface area contributed by atoms with Crippen LogP contribution in [0.5, 0.6) is 11.5 Å². The standard InChI is InChI=1S/C21H19ClFN3O3/c1-13-19(20(22)26(24-13)15-9-7-14(23)8-10-15)21(27)25(2)11-16-12-28-17-5-3-4-6-18(17)29-16/h3-10,16H,11-12H2,1-2H3/t16-/m1/s1. The van der Waals surface area contributed by atoms with Crippen molar-refractivity contribution in [2.75, 3.05) is 20.2 Å². The molecule has 1 amide bonds. The average molecular weight is 416 g/mol. The van der Waals surface area contributed by atoms with Gasteiger partial charge in [0.2, 0.25) is 0 Å². The molecule has 4 rings (SSSR count). The predicted octanol–water partition coefficient (Wildman–Crippen LogP) is 3.89. The summed E-state index contributed by atoms with van der Waals surface area (Å²) in [5.74, 6) is 0.713. The van der Waals surface area contributed by atoms with E-state index < -0.39 is 0 Å². The fraction of sp³-hybridized carbons (Fsp3) is 0.238. The van der Waals surface area contributed by atoms with Crippen LogP contribution < -0.4 is 9.47 Å². The molecule has 0 unspecified atom stereocenters. The molecule has 0 saturated heterocycles. The van der Waals surface area contributed by atoms with Crippen LogP contribution in [0.15, 0.2) is 48.5 Å². The Morgan fingerprint density at radius 1 is 1.24 bits per heavy atom. The summed E-state index contributed by atoms with van der Waals surface area (Å²) in [4.78, 5) is 14.6. The van der Waals surface area contributed by atoms with Crippen molar-refractivity contribution in [1.29, 1.82) is 0 Å². The number of ether oxygens (including phenoxy) is 2. The highest BCUT2D eigenvalue weighted by atomic mass is 35.5. The molecule has 0 spiro atoms. The molecule has 0 fully saturated rings. The van der Waals surface area contributed by atoms with Crippen molar-refractivity contribution in [3.63, 3.8) is 0 Å². The lowest BCUT2D eigenvalue weighted by Crippen LogP contribution is -2.42. The molecule has 1 aromatic heterocycles. The maximum Gasteiger partial charge on any atom is 0.258 e. The van der Waals surface area contributed by atoms with Gasteiger partial charge in [0.1, 0.15) is 17.6 Å². The van der Waals surface area contributed by atoms with Crippen LogP contribution in [0.25, 0.3) is 5.69 Å². The summed E-state index contributed by atoms with van der Waals surface area (Å²) in [5, 5.41) is 4.53. The highest BCUT2D eigenvalue weighted by Crippen LogP contribution is 2.31. The summed E-state index contributed by atoms with van der Waals surface area (Å²) in [6, 6.07) is 13.1. The number of carbonyl (C=O) groups is 1. The minimum Gasteiger partial charge on any atom is -0.486 e. The molecule has 0 bridgehead atoms. The fourth-order valence-corrected chi connectivity index (χ4v) is 3.58. The Bertz CT molecular complexity index is 1050. The Morgan fingerprint density at radius 3 is 2.66 bits per heavy atom. The molecule has 0 aliphatic carbocycles. The number of fused-ring (bicyclic) bond motifs is 1. The number of aromatic nitrogens is 2. The number of nitrogens with zero attached hydrogens (tertiary/aromatic N) is 3. The Balaban J connectivity index is 1.51. The number of rotatable bonds is 4. The first-order valence-electron chi connectivity index (χ1n) is 9.09. The van der Waals surface area contributed by atoms with Gasteiger partial charge >= 0.3 is 0 Å². The molecule has 29 heavy (non-hydrogen) atoms. The van der Waals surface area contributed by atoms with Crippen LogP contribution >= 0.6 is 11.6 Å². The van der Waals surface area contributed by atoms with Gasteiger partial charge in [-0.3, -0.25) is 4.79 Å². The van der Waals surface area contributed by atoms with E-state index in [1.54, 1.807) is 26.1 Å². The summed E-state index contributed by atoms with van der Waals surface area (Å²) >= 11 is 6.46. The van der Waals surface area contributed by atoms with Crippen LogP contribution in [0.4, 0.5) is 4.39 Å². The first kappa shape index (κ1) is 19.3. The third-order valence-electron chi connectivity index (χ3n) is 4.68. The highest BCUT2D eigenvalue weighted by molar-refractivity contribution is 6.33. The quantitative estimate of drug-likeness (QED) is 0.648. The van der Waals surface area contributed by atoms with Gasteiger partial charge < -0.3 is 14.4 Å². The van der Waals surface area contributed by atoms with Gasteiger partial charge in [0.25, 0.3) is 5.91 Å². The zero-order chi connectivity index (χ0) is 20.5. The average Bonchev–Trinajstić information content (AvgIpc) is 3.02. The van der Waals surface area contributed by atoms with Crippen molar-refractivity contribution in [3.05, 3.63) is 70.8 Å². The van der Waals surface area contributed by atoms with E-state index >= 15 is 0 Å². The Kier molecular flexibility index (Phi) is 5.15. The van der Waals surface area contributed by atoms with Gasteiger partial charge in [-0.1, -0.05) is 23.7 Å². The number of benzene rings is 2. The van der Waals surface area contributed by atoms with Gasteiger partial charge in [0.15, 0.2) is 17.6 Å². The van der Waals surface area contributed by atoms with Crippen molar-refractivity contribution in [2.24, 2.45) is 0 Å². The minimum absolute atomic E-state index is 0.178. The number of halogens is 2. The second kappa shape index (κ2) is 7.75. The molecule has 3 aromatic rings. The molecule has 0 radical (unpaired) electrons. The summed E-state index contributed by atoms with van der Waals surface area (Å²) in [5.41, 5.74) is 1.36. The normalized spacial score (nSPS) is 15.2.